The van der Waals surface area contributed by atoms with Crippen LogP contribution in [0.1, 0.15) is 68.6 Å². The second-order valence-electron chi connectivity index (χ2n) is 7.46. The van der Waals surface area contributed by atoms with Gasteiger partial charge in [0.15, 0.2) is 6.17 Å². The fraction of sp³-hybridized carbons (Fsp3) is 0.429. The Morgan fingerprint density at radius 2 is 2.04 bits per heavy atom. The minimum Gasteiger partial charge on any atom is -0.349 e. The molecule has 1 aromatic carbocycles. The van der Waals surface area contributed by atoms with Gasteiger partial charge in [0.25, 0.3) is 6.43 Å². The average Bonchev–Trinajstić information content (AvgIpc) is 2.93. The fourth-order valence-corrected chi connectivity index (χ4v) is 3.99. The molecular formula is C21H22F2N4. The fourth-order valence-electron chi connectivity index (χ4n) is 3.99. The van der Waals surface area contributed by atoms with E-state index in [0.29, 0.717) is 5.56 Å². The van der Waals surface area contributed by atoms with Crippen LogP contribution in [0.25, 0.3) is 10.9 Å². The maximum absolute atomic E-state index is 13.3. The van der Waals surface area contributed by atoms with Gasteiger partial charge in [-0.3, -0.25) is 4.99 Å². The Morgan fingerprint density at radius 1 is 1.26 bits per heavy atom. The van der Waals surface area contributed by atoms with Gasteiger partial charge in [0.2, 0.25) is 0 Å². The molecule has 2 aromatic rings. The number of nitriles is 1. The first-order chi connectivity index (χ1) is 13.0. The number of alkyl halides is 2. The highest BCUT2D eigenvalue weighted by molar-refractivity contribution is 5.89. The molecule has 1 atom stereocenters. The van der Waals surface area contributed by atoms with E-state index in [2.05, 4.69) is 34.4 Å². The van der Waals surface area contributed by atoms with Crippen LogP contribution in [0.2, 0.25) is 0 Å². The molecule has 0 spiro atoms. The van der Waals surface area contributed by atoms with Crippen molar-refractivity contribution in [1.82, 2.24) is 9.47 Å². The minimum atomic E-state index is -2.53. The highest BCUT2D eigenvalue weighted by atomic mass is 19.3. The van der Waals surface area contributed by atoms with Crippen LogP contribution in [0.4, 0.5) is 8.78 Å². The molecule has 1 fully saturated rings. The van der Waals surface area contributed by atoms with Crippen molar-refractivity contribution in [2.24, 2.45) is 4.99 Å². The third kappa shape index (κ3) is 2.82. The molecule has 6 heteroatoms. The average molecular weight is 368 g/mol. The third-order valence-corrected chi connectivity index (χ3v) is 5.56. The summed E-state index contributed by atoms with van der Waals surface area (Å²) in [4.78, 5) is 6.77. The smallest absolute Gasteiger partial charge is 0.263 e. The van der Waals surface area contributed by atoms with E-state index in [0.717, 1.165) is 35.9 Å². The van der Waals surface area contributed by atoms with Gasteiger partial charge in [0.05, 0.1) is 16.8 Å². The van der Waals surface area contributed by atoms with Crippen LogP contribution in [0.15, 0.2) is 35.5 Å². The molecule has 4 nitrogen and oxygen atoms in total. The Balaban J connectivity index is 1.99. The number of aromatic nitrogens is 1. The van der Waals surface area contributed by atoms with E-state index in [9.17, 15) is 14.0 Å². The Bertz CT molecular complexity index is 961. The van der Waals surface area contributed by atoms with Crippen LogP contribution in [0, 0.1) is 11.3 Å². The van der Waals surface area contributed by atoms with Gasteiger partial charge in [-0.25, -0.2) is 8.78 Å². The molecule has 1 aliphatic carbocycles. The van der Waals surface area contributed by atoms with E-state index in [-0.39, 0.29) is 23.8 Å². The molecule has 1 saturated carbocycles. The summed E-state index contributed by atoms with van der Waals surface area (Å²) in [6.07, 6.45) is 5.86. The lowest BCUT2D eigenvalue weighted by molar-refractivity contribution is 0.151. The first-order valence-corrected chi connectivity index (χ1v) is 9.36. The first-order valence-electron chi connectivity index (χ1n) is 9.36. The van der Waals surface area contributed by atoms with Crippen molar-refractivity contribution in [2.45, 2.75) is 57.8 Å². The zero-order valence-corrected chi connectivity index (χ0v) is 15.4. The normalized spacial score (nSPS) is 19.9. The van der Waals surface area contributed by atoms with Gasteiger partial charge in [-0.1, -0.05) is 12.1 Å². The molecule has 0 bridgehead atoms. The lowest BCUT2D eigenvalue weighted by atomic mass is 9.92. The first kappa shape index (κ1) is 17.7. The second-order valence-corrected chi connectivity index (χ2v) is 7.46. The van der Waals surface area contributed by atoms with Crippen LogP contribution >= 0.6 is 0 Å². The molecule has 1 unspecified atom stereocenters. The lowest BCUT2D eigenvalue weighted by Crippen LogP contribution is -2.33. The molecule has 1 aliphatic heterocycles. The zero-order valence-electron chi connectivity index (χ0n) is 15.4. The van der Waals surface area contributed by atoms with E-state index in [1.807, 2.05) is 12.3 Å². The standard InChI is InChI=1S/C21H22F2N4/c1-13(2)26-10-4-9-25-21(26)19-17(12-24)16-8-7-14(20(22)23)11-18(16)27(19)15-5-3-6-15/h4,7-11,13,15,20-21H,3,5-6H2,1-2H3. The number of halogens is 2. The topological polar surface area (TPSA) is 44.3 Å². The Labute approximate surface area is 157 Å². The van der Waals surface area contributed by atoms with Crippen LogP contribution in [-0.2, 0) is 0 Å². The largest absolute Gasteiger partial charge is 0.349 e. The summed E-state index contributed by atoms with van der Waals surface area (Å²) in [6.45, 7) is 4.16. The predicted molar refractivity (Wildman–Crippen MR) is 102 cm³/mol. The van der Waals surface area contributed by atoms with Crippen molar-refractivity contribution in [1.29, 1.82) is 5.26 Å². The van der Waals surface area contributed by atoms with Crippen molar-refractivity contribution in [3.05, 3.63) is 47.3 Å². The highest BCUT2D eigenvalue weighted by Crippen LogP contribution is 2.43. The number of fused-ring (bicyclic) bond motifs is 1. The van der Waals surface area contributed by atoms with Crippen LogP contribution in [0.3, 0.4) is 0 Å². The monoisotopic (exact) mass is 368 g/mol. The molecule has 0 amide bonds. The summed E-state index contributed by atoms with van der Waals surface area (Å²) < 4.78 is 28.8. The van der Waals surface area contributed by atoms with Crippen molar-refractivity contribution in [2.75, 3.05) is 0 Å². The zero-order chi connectivity index (χ0) is 19.1. The Hall–Kier alpha value is -2.68. The summed E-state index contributed by atoms with van der Waals surface area (Å²) in [5.41, 5.74) is 2.07. The van der Waals surface area contributed by atoms with E-state index in [1.54, 1.807) is 18.3 Å². The lowest BCUT2D eigenvalue weighted by Gasteiger charge is -2.37. The van der Waals surface area contributed by atoms with Crippen molar-refractivity contribution < 1.29 is 8.78 Å². The summed E-state index contributed by atoms with van der Waals surface area (Å²) in [6, 6.07) is 7.39. The molecule has 140 valence electrons. The molecule has 2 aliphatic rings. The van der Waals surface area contributed by atoms with E-state index in [1.165, 1.54) is 6.07 Å². The van der Waals surface area contributed by atoms with Gasteiger partial charge < -0.3 is 9.47 Å². The third-order valence-electron chi connectivity index (χ3n) is 5.56. The van der Waals surface area contributed by atoms with Crippen LogP contribution < -0.4 is 0 Å². The summed E-state index contributed by atoms with van der Waals surface area (Å²) in [5, 5.41) is 10.7. The highest BCUT2D eigenvalue weighted by Gasteiger charge is 2.34. The second kappa shape index (κ2) is 6.80. The molecular weight excluding hydrogens is 346 g/mol. The van der Waals surface area contributed by atoms with Gasteiger partial charge in [-0.15, -0.1) is 0 Å². The van der Waals surface area contributed by atoms with Crippen molar-refractivity contribution in [3.63, 3.8) is 0 Å². The number of hydrogen-bond donors (Lipinski definition) is 0. The van der Waals surface area contributed by atoms with E-state index in [4.69, 9.17) is 0 Å². The summed E-state index contributed by atoms with van der Waals surface area (Å²) in [7, 11) is 0. The maximum Gasteiger partial charge on any atom is 0.263 e. The summed E-state index contributed by atoms with van der Waals surface area (Å²) >= 11 is 0. The SMILES string of the molecule is CC(C)N1C=CC=NC1c1c(C#N)c2ccc(C(F)F)cc2n1C1CCC1. The van der Waals surface area contributed by atoms with Gasteiger partial charge in [0, 0.05) is 35.4 Å². The van der Waals surface area contributed by atoms with Crippen molar-refractivity contribution in [3.8, 4) is 6.07 Å². The molecule has 0 N–H and O–H groups in total. The van der Waals surface area contributed by atoms with Crippen molar-refractivity contribution >= 4 is 17.1 Å². The van der Waals surface area contributed by atoms with Gasteiger partial charge in [0.1, 0.15) is 6.07 Å². The number of benzene rings is 1. The number of hydrogen-bond acceptors (Lipinski definition) is 3. The van der Waals surface area contributed by atoms with Gasteiger partial charge in [-0.2, -0.15) is 5.26 Å². The molecule has 0 radical (unpaired) electrons. The molecule has 0 saturated heterocycles. The molecule has 2 heterocycles. The Kier molecular flexibility index (Phi) is 4.47. The minimum absolute atomic E-state index is 0.00984. The number of nitrogens with zero attached hydrogens (tertiary/aromatic N) is 4. The molecule has 1 aromatic heterocycles. The van der Waals surface area contributed by atoms with Crippen LogP contribution in [-0.4, -0.2) is 21.7 Å². The van der Waals surface area contributed by atoms with Crippen LogP contribution in [0.5, 0.6) is 0 Å². The van der Waals surface area contributed by atoms with Gasteiger partial charge >= 0.3 is 0 Å². The predicted octanol–water partition coefficient (Wildman–Crippen LogP) is 5.48. The maximum atomic E-state index is 13.3. The quantitative estimate of drug-likeness (QED) is 0.717. The number of allylic oxidation sites excluding steroid dienone is 1. The van der Waals surface area contributed by atoms with Gasteiger partial charge in [-0.05, 0) is 45.3 Å². The molecule has 4 rings (SSSR count). The molecule has 27 heavy (non-hydrogen) atoms. The number of aliphatic imine (C=N–C) groups is 1. The van der Waals surface area contributed by atoms with E-state index < -0.39 is 6.43 Å². The Morgan fingerprint density at radius 3 is 2.63 bits per heavy atom. The van der Waals surface area contributed by atoms with E-state index >= 15 is 0 Å². The number of rotatable bonds is 4. The summed E-state index contributed by atoms with van der Waals surface area (Å²) in [5.74, 6) is 0.